The summed E-state index contributed by atoms with van der Waals surface area (Å²) in [5, 5.41) is 0. The van der Waals surface area contributed by atoms with Crippen LogP contribution in [0.3, 0.4) is 0 Å². The first kappa shape index (κ1) is 12.9. The number of fused-ring (bicyclic) bond motifs is 1. The maximum Gasteiger partial charge on any atom is 0.145 e. The van der Waals surface area contributed by atoms with Gasteiger partial charge >= 0.3 is 0 Å². The van der Waals surface area contributed by atoms with E-state index in [0.29, 0.717) is 0 Å². The lowest BCUT2D eigenvalue weighted by Gasteiger charge is -2.12. The Kier molecular flexibility index (Phi) is 2.89. The number of rotatable bonds is 1. The van der Waals surface area contributed by atoms with Crippen LogP contribution in [0, 0.1) is 34.6 Å². The summed E-state index contributed by atoms with van der Waals surface area (Å²) in [5.74, 6) is 0. The molecule has 2 heteroatoms. The second-order valence-corrected chi connectivity index (χ2v) is 5.76. The van der Waals surface area contributed by atoms with Gasteiger partial charge in [-0.2, -0.15) is 0 Å². The summed E-state index contributed by atoms with van der Waals surface area (Å²) in [6, 6.07) is 6.55. The van der Waals surface area contributed by atoms with Gasteiger partial charge in [-0.15, -0.1) is 0 Å². The van der Waals surface area contributed by atoms with Crippen LogP contribution >= 0.6 is 0 Å². The molecule has 0 bridgehead atoms. The maximum atomic E-state index is 4.74. The zero-order valence-electron chi connectivity index (χ0n) is 12.8. The van der Waals surface area contributed by atoms with E-state index < -0.39 is 0 Å². The lowest BCUT2D eigenvalue weighted by atomic mass is 9.93. The molecule has 0 aliphatic rings. The third-order valence-electron chi connectivity index (χ3n) is 3.88. The Morgan fingerprint density at radius 2 is 1.50 bits per heavy atom. The SMILES string of the molecule is Cc1cc(C)c(-c2c(C)cn3ccc(C)nc23)c(C)c1. The van der Waals surface area contributed by atoms with E-state index in [0.717, 1.165) is 11.3 Å². The molecule has 0 amide bonds. The van der Waals surface area contributed by atoms with Crippen molar-refractivity contribution >= 4 is 5.65 Å². The summed E-state index contributed by atoms with van der Waals surface area (Å²) >= 11 is 0. The number of hydrogen-bond donors (Lipinski definition) is 0. The van der Waals surface area contributed by atoms with Crippen LogP contribution in [0.15, 0.2) is 30.6 Å². The molecule has 0 spiro atoms. The summed E-state index contributed by atoms with van der Waals surface area (Å²) in [5.41, 5.74) is 9.94. The Hall–Kier alpha value is -2.09. The maximum absolute atomic E-state index is 4.74. The molecular formula is C18H20N2. The van der Waals surface area contributed by atoms with Crippen molar-refractivity contribution in [1.29, 1.82) is 0 Å². The molecule has 2 aromatic heterocycles. The first-order valence-corrected chi connectivity index (χ1v) is 7.00. The van der Waals surface area contributed by atoms with E-state index >= 15 is 0 Å². The molecule has 0 aliphatic carbocycles. The molecule has 0 aliphatic heterocycles. The Balaban J connectivity index is 2.40. The van der Waals surface area contributed by atoms with Crippen molar-refractivity contribution in [3.8, 4) is 11.1 Å². The molecule has 0 radical (unpaired) electrons. The molecule has 2 heterocycles. The Morgan fingerprint density at radius 1 is 0.850 bits per heavy atom. The minimum Gasteiger partial charge on any atom is -0.308 e. The van der Waals surface area contributed by atoms with Crippen LogP contribution in [0.4, 0.5) is 0 Å². The number of nitrogens with zero attached hydrogens (tertiary/aromatic N) is 2. The van der Waals surface area contributed by atoms with Crippen molar-refractivity contribution in [1.82, 2.24) is 9.38 Å². The molecule has 3 rings (SSSR count). The highest BCUT2D eigenvalue weighted by Gasteiger charge is 2.15. The molecule has 0 N–H and O–H groups in total. The number of hydrogen-bond acceptors (Lipinski definition) is 1. The lowest BCUT2D eigenvalue weighted by Crippen LogP contribution is -1.94. The lowest BCUT2D eigenvalue weighted by molar-refractivity contribution is 1.09. The Labute approximate surface area is 120 Å². The molecule has 0 unspecified atom stereocenters. The number of aryl methyl sites for hydroxylation is 5. The van der Waals surface area contributed by atoms with Gasteiger partial charge in [-0.25, -0.2) is 4.98 Å². The molecule has 102 valence electrons. The van der Waals surface area contributed by atoms with Gasteiger partial charge in [0, 0.05) is 23.7 Å². The largest absolute Gasteiger partial charge is 0.308 e. The highest BCUT2D eigenvalue weighted by Crippen LogP contribution is 2.34. The van der Waals surface area contributed by atoms with Gasteiger partial charge in [0.05, 0.1) is 0 Å². The highest BCUT2D eigenvalue weighted by atomic mass is 15.0. The van der Waals surface area contributed by atoms with Crippen LogP contribution in [-0.2, 0) is 0 Å². The average molecular weight is 264 g/mol. The van der Waals surface area contributed by atoms with Crippen molar-refractivity contribution in [2.24, 2.45) is 0 Å². The second-order valence-electron chi connectivity index (χ2n) is 5.76. The van der Waals surface area contributed by atoms with Crippen LogP contribution in [0.1, 0.15) is 27.9 Å². The minimum absolute atomic E-state index is 1.05. The van der Waals surface area contributed by atoms with Crippen LogP contribution in [0.25, 0.3) is 16.8 Å². The van der Waals surface area contributed by atoms with E-state index in [1.807, 2.05) is 13.0 Å². The van der Waals surface area contributed by atoms with Gasteiger partial charge < -0.3 is 4.40 Å². The van der Waals surface area contributed by atoms with Gasteiger partial charge in [0.2, 0.25) is 0 Å². The molecule has 2 nitrogen and oxygen atoms in total. The molecule has 0 saturated carbocycles. The minimum atomic E-state index is 1.05. The topological polar surface area (TPSA) is 17.3 Å². The fourth-order valence-corrected chi connectivity index (χ4v) is 3.14. The Bertz CT molecular complexity index is 787. The average Bonchev–Trinajstić information content (AvgIpc) is 2.65. The predicted octanol–water partition coefficient (Wildman–Crippen LogP) is 4.54. The first-order valence-electron chi connectivity index (χ1n) is 7.00. The monoisotopic (exact) mass is 264 g/mol. The highest BCUT2D eigenvalue weighted by molar-refractivity contribution is 5.85. The predicted molar refractivity (Wildman–Crippen MR) is 84.3 cm³/mol. The van der Waals surface area contributed by atoms with Gasteiger partial charge in [-0.3, -0.25) is 0 Å². The van der Waals surface area contributed by atoms with Crippen LogP contribution in [0.5, 0.6) is 0 Å². The first-order chi connectivity index (χ1) is 9.47. The fourth-order valence-electron chi connectivity index (χ4n) is 3.14. The van der Waals surface area contributed by atoms with Crippen molar-refractivity contribution < 1.29 is 0 Å². The molecule has 1 aromatic carbocycles. The number of aromatic nitrogens is 2. The third kappa shape index (κ3) is 1.92. The Morgan fingerprint density at radius 3 is 2.15 bits per heavy atom. The zero-order valence-corrected chi connectivity index (χ0v) is 12.8. The standard InChI is InChI=1S/C18H20N2/c1-11-8-12(2)16(13(3)9-11)17-14(4)10-20-7-6-15(5)19-18(17)20/h6-10H,1-5H3. The van der Waals surface area contributed by atoms with E-state index in [-0.39, 0.29) is 0 Å². The summed E-state index contributed by atoms with van der Waals surface area (Å²) in [7, 11) is 0. The summed E-state index contributed by atoms with van der Waals surface area (Å²) < 4.78 is 2.12. The molecule has 0 atom stereocenters. The molecule has 0 saturated heterocycles. The van der Waals surface area contributed by atoms with Gasteiger partial charge in [-0.05, 0) is 62.9 Å². The third-order valence-corrected chi connectivity index (χ3v) is 3.88. The normalized spacial score (nSPS) is 11.2. The van der Waals surface area contributed by atoms with Crippen molar-refractivity contribution in [2.45, 2.75) is 34.6 Å². The van der Waals surface area contributed by atoms with Crippen LogP contribution in [-0.4, -0.2) is 9.38 Å². The van der Waals surface area contributed by atoms with Crippen LogP contribution < -0.4 is 0 Å². The fraction of sp³-hybridized carbons (Fsp3) is 0.278. The molecule has 0 fully saturated rings. The van der Waals surface area contributed by atoms with E-state index in [4.69, 9.17) is 4.98 Å². The van der Waals surface area contributed by atoms with Gasteiger partial charge in [-0.1, -0.05) is 17.7 Å². The molecule has 3 aromatic rings. The van der Waals surface area contributed by atoms with Crippen molar-refractivity contribution in [3.05, 3.63) is 58.5 Å². The second kappa shape index (κ2) is 4.48. The molecular weight excluding hydrogens is 244 g/mol. The van der Waals surface area contributed by atoms with Crippen LogP contribution in [0.2, 0.25) is 0 Å². The van der Waals surface area contributed by atoms with Crippen molar-refractivity contribution in [3.63, 3.8) is 0 Å². The summed E-state index contributed by atoms with van der Waals surface area (Å²) in [6.07, 6.45) is 4.25. The van der Waals surface area contributed by atoms with Gasteiger partial charge in [0.25, 0.3) is 0 Å². The van der Waals surface area contributed by atoms with Gasteiger partial charge in [0.15, 0.2) is 0 Å². The van der Waals surface area contributed by atoms with E-state index in [9.17, 15) is 0 Å². The smallest absolute Gasteiger partial charge is 0.145 e. The zero-order chi connectivity index (χ0) is 14.4. The molecule has 20 heavy (non-hydrogen) atoms. The van der Waals surface area contributed by atoms with E-state index in [2.05, 4.69) is 56.6 Å². The summed E-state index contributed by atoms with van der Waals surface area (Å²) in [6.45, 7) is 10.7. The van der Waals surface area contributed by atoms with Gasteiger partial charge in [0.1, 0.15) is 5.65 Å². The summed E-state index contributed by atoms with van der Waals surface area (Å²) in [4.78, 5) is 4.74. The number of benzene rings is 1. The van der Waals surface area contributed by atoms with E-state index in [1.165, 1.54) is 33.4 Å². The quantitative estimate of drug-likeness (QED) is 0.630. The van der Waals surface area contributed by atoms with E-state index in [1.54, 1.807) is 0 Å². The van der Waals surface area contributed by atoms with Crippen molar-refractivity contribution in [2.75, 3.05) is 0 Å².